The lowest BCUT2D eigenvalue weighted by Crippen LogP contribution is -2.51. The molecule has 1 aromatic rings. The van der Waals surface area contributed by atoms with Gasteiger partial charge in [-0.15, -0.1) is 0 Å². The maximum Gasteiger partial charge on any atom is 0.273 e. The number of hydrogen-bond acceptors (Lipinski definition) is 5. The highest BCUT2D eigenvalue weighted by molar-refractivity contribution is 5.92. The molecule has 6 nitrogen and oxygen atoms in total. The first-order valence-corrected chi connectivity index (χ1v) is 8.21. The average Bonchev–Trinajstić information content (AvgIpc) is 3.25. The van der Waals surface area contributed by atoms with Gasteiger partial charge >= 0.3 is 0 Å². The first kappa shape index (κ1) is 15.5. The van der Waals surface area contributed by atoms with E-state index in [4.69, 9.17) is 9.26 Å². The van der Waals surface area contributed by atoms with E-state index in [1.807, 2.05) is 0 Å². The molecule has 6 heteroatoms. The molecule has 1 N–H and O–H groups in total. The molecule has 1 aromatic heterocycles. The van der Waals surface area contributed by atoms with Crippen LogP contribution < -0.4 is 5.32 Å². The van der Waals surface area contributed by atoms with Crippen LogP contribution in [0, 0.1) is 5.92 Å². The monoisotopic (exact) mass is 307 g/mol. The normalized spacial score (nSPS) is 21.0. The van der Waals surface area contributed by atoms with Crippen molar-refractivity contribution in [3.8, 4) is 0 Å². The Balaban J connectivity index is 1.54. The van der Waals surface area contributed by atoms with Gasteiger partial charge in [-0.2, -0.15) is 0 Å². The Morgan fingerprint density at radius 2 is 2.14 bits per heavy atom. The summed E-state index contributed by atoms with van der Waals surface area (Å²) < 4.78 is 10.6. The highest BCUT2D eigenvalue weighted by Gasteiger charge is 2.29. The molecule has 2 heterocycles. The third kappa shape index (κ3) is 3.67. The zero-order valence-electron chi connectivity index (χ0n) is 13.4. The van der Waals surface area contributed by atoms with E-state index in [9.17, 15) is 4.79 Å². The van der Waals surface area contributed by atoms with Crippen LogP contribution in [0.2, 0.25) is 0 Å². The molecule has 0 spiro atoms. The molecule has 0 aromatic carbocycles. The van der Waals surface area contributed by atoms with Gasteiger partial charge in [-0.1, -0.05) is 19.0 Å². The molecule has 2 fully saturated rings. The number of rotatable bonds is 6. The number of carbonyl (C=O) groups is 1. The summed E-state index contributed by atoms with van der Waals surface area (Å²) in [4.78, 5) is 14.6. The van der Waals surface area contributed by atoms with Crippen molar-refractivity contribution in [3.63, 3.8) is 0 Å². The number of aromatic nitrogens is 1. The predicted molar refractivity (Wildman–Crippen MR) is 81.8 cm³/mol. The van der Waals surface area contributed by atoms with Crippen LogP contribution in [0.25, 0.3) is 0 Å². The van der Waals surface area contributed by atoms with Gasteiger partial charge in [-0.3, -0.25) is 9.69 Å². The van der Waals surface area contributed by atoms with E-state index in [1.165, 1.54) is 0 Å². The molecule has 1 amide bonds. The fourth-order valence-corrected chi connectivity index (χ4v) is 2.94. The molecular formula is C16H25N3O3. The van der Waals surface area contributed by atoms with Crippen molar-refractivity contribution in [1.29, 1.82) is 0 Å². The van der Waals surface area contributed by atoms with E-state index in [0.717, 1.165) is 44.9 Å². The predicted octanol–water partition coefficient (Wildman–Crippen LogP) is 1.64. The van der Waals surface area contributed by atoms with Crippen LogP contribution in [0.1, 0.15) is 48.9 Å². The second-order valence-corrected chi connectivity index (χ2v) is 6.56. The molecule has 1 aliphatic carbocycles. The van der Waals surface area contributed by atoms with Crippen LogP contribution in [0.15, 0.2) is 10.6 Å². The van der Waals surface area contributed by atoms with E-state index in [1.54, 1.807) is 6.07 Å². The van der Waals surface area contributed by atoms with Gasteiger partial charge in [0.1, 0.15) is 5.76 Å². The Bertz CT molecular complexity index is 504. The van der Waals surface area contributed by atoms with E-state index in [-0.39, 0.29) is 5.91 Å². The Labute approximate surface area is 131 Å². The van der Waals surface area contributed by atoms with Crippen molar-refractivity contribution < 1.29 is 14.1 Å². The molecule has 0 unspecified atom stereocenters. The summed E-state index contributed by atoms with van der Waals surface area (Å²) in [6.45, 7) is 8.39. The van der Waals surface area contributed by atoms with Crippen LogP contribution in [0.4, 0.5) is 0 Å². The summed E-state index contributed by atoms with van der Waals surface area (Å²) in [6.07, 6.45) is 2.28. The van der Waals surface area contributed by atoms with E-state index < -0.39 is 0 Å². The number of hydrogen-bond donors (Lipinski definition) is 1. The summed E-state index contributed by atoms with van der Waals surface area (Å²) in [5.74, 6) is 1.65. The SMILES string of the molecule is CC(C)[C@H](CNC(=O)c1cc(C2CC2)on1)N1CCOCC1. The molecule has 122 valence electrons. The first-order valence-electron chi connectivity index (χ1n) is 8.21. The molecule has 22 heavy (non-hydrogen) atoms. The molecule has 0 bridgehead atoms. The van der Waals surface area contributed by atoms with Crippen molar-refractivity contribution in [2.75, 3.05) is 32.8 Å². The summed E-state index contributed by atoms with van der Waals surface area (Å²) >= 11 is 0. The summed E-state index contributed by atoms with van der Waals surface area (Å²) in [7, 11) is 0. The Morgan fingerprint density at radius 1 is 1.41 bits per heavy atom. The topological polar surface area (TPSA) is 67.6 Å². The maximum absolute atomic E-state index is 12.2. The lowest BCUT2D eigenvalue weighted by molar-refractivity contribution is 0.00671. The minimum Gasteiger partial charge on any atom is -0.379 e. The molecule has 1 aliphatic heterocycles. The number of nitrogens with one attached hydrogen (secondary N) is 1. The van der Waals surface area contributed by atoms with Gasteiger partial charge in [0.15, 0.2) is 5.69 Å². The van der Waals surface area contributed by atoms with Crippen molar-refractivity contribution in [2.24, 2.45) is 5.92 Å². The van der Waals surface area contributed by atoms with Crippen LogP contribution in [0.3, 0.4) is 0 Å². The van der Waals surface area contributed by atoms with Crippen molar-refractivity contribution in [2.45, 2.75) is 38.6 Å². The minimum atomic E-state index is -0.144. The Kier molecular flexibility index (Phi) is 4.78. The molecule has 1 atom stereocenters. The average molecular weight is 307 g/mol. The Morgan fingerprint density at radius 3 is 2.77 bits per heavy atom. The molecule has 2 aliphatic rings. The van der Waals surface area contributed by atoms with E-state index in [2.05, 4.69) is 29.2 Å². The fourth-order valence-electron chi connectivity index (χ4n) is 2.94. The zero-order valence-corrected chi connectivity index (χ0v) is 13.4. The van der Waals surface area contributed by atoms with Gasteiger partial charge in [-0.05, 0) is 18.8 Å². The van der Waals surface area contributed by atoms with Gasteiger partial charge in [-0.25, -0.2) is 0 Å². The molecule has 0 radical (unpaired) electrons. The smallest absolute Gasteiger partial charge is 0.273 e. The lowest BCUT2D eigenvalue weighted by Gasteiger charge is -2.36. The van der Waals surface area contributed by atoms with Crippen LogP contribution in [-0.2, 0) is 4.74 Å². The zero-order chi connectivity index (χ0) is 15.5. The molecular weight excluding hydrogens is 282 g/mol. The van der Waals surface area contributed by atoms with Crippen LogP contribution in [-0.4, -0.2) is 54.9 Å². The van der Waals surface area contributed by atoms with Crippen LogP contribution in [0.5, 0.6) is 0 Å². The van der Waals surface area contributed by atoms with Gasteiger partial charge in [0.05, 0.1) is 13.2 Å². The highest BCUT2D eigenvalue weighted by atomic mass is 16.5. The third-order valence-electron chi connectivity index (χ3n) is 4.50. The number of ether oxygens (including phenoxy) is 1. The van der Waals surface area contributed by atoms with E-state index >= 15 is 0 Å². The van der Waals surface area contributed by atoms with E-state index in [0.29, 0.717) is 30.1 Å². The quantitative estimate of drug-likeness (QED) is 0.865. The van der Waals surface area contributed by atoms with Gasteiger partial charge < -0.3 is 14.6 Å². The van der Waals surface area contributed by atoms with Crippen LogP contribution >= 0.6 is 0 Å². The van der Waals surface area contributed by atoms with Gasteiger partial charge in [0, 0.05) is 37.7 Å². The number of morpholine rings is 1. The summed E-state index contributed by atoms with van der Waals surface area (Å²) in [5, 5.41) is 6.90. The largest absolute Gasteiger partial charge is 0.379 e. The minimum absolute atomic E-state index is 0.144. The number of carbonyl (C=O) groups excluding carboxylic acids is 1. The standard InChI is InChI=1S/C16H25N3O3/c1-11(2)14(19-5-7-21-8-6-19)10-17-16(20)13-9-15(22-18-13)12-3-4-12/h9,11-12,14H,3-8,10H2,1-2H3,(H,17,20)/t14-/m0/s1. The Hall–Kier alpha value is -1.40. The molecule has 1 saturated heterocycles. The van der Waals surface area contributed by atoms with Crippen molar-refractivity contribution >= 4 is 5.91 Å². The molecule has 3 rings (SSSR count). The van der Waals surface area contributed by atoms with Crippen molar-refractivity contribution in [1.82, 2.24) is 15.4 Å². The number of nitrogens with zero attached hydrogens (tertiary/aromatic N) is 2. The van der Waals surface area contributed by atoms with Gasteiger partial charge in [0.2, 0.25) is 0 Å². The third-order valence-corrected chi connectivity index (χ3v) is 4.50. The van der Waals surface area contributed by atoms with Crippen molar-refractivity contribution in [3.05, 3.63) is 17.5 Å². The second kappa shape index (κ2) is 6.79. The highest BCUT2D eigenvalue weighted by Crippen LogP contribution is 2.40. The second-order valence-electron chi connectivity index (χ2n) is 6.56. The summed E-state index contributed by atoms with van der Waals surface area (Å²) in [5.41, 5.74) is 0.395. The number of amides is 1. The fraction of sp³-hybridized carbons (Fsp3) is 0.750. The van der Waals surface area contributed by atoms with Gasteiger partial charge in [0.25, 0.3) is 5.91 Å². The lowest BCUT2D eigenvalue weighted by atomic mass is 10.0. The first-order chi connectivity index (χ1) is 10.6. The maximum atomic E-state index is 12.2. The molecule has 1 saturated carbocycles. The summed E-state index contributed by atoms with van der Waals surface area (Å²) in [6, 6.07) is 2.11.